The maximum Gasteiger partial charge on any atom is 0.416 e. The molecule has 2 atom stereocenters. The Labute approximate surface area is 185 Å². The largest absolute Gasteiger partial charge is 0.493 e. The first-order valence-electron chi connectivity index (χ1n) is 10.4. The van der Waals surface area contributed by atoms with Crippen molar-refractivity contribution in [3.05, 3.63) is 65.2 Å². The van der Waals surface area contributed by atoms with Gasteiger partial charge in [0.2, 0.25) is 5.91 Å². The zero-order valence-corrected chi connectivity index (χ0v) is 18.4. The standard InChI is InChI=1S/C24H28F3NO4/c1-4-5-16(2)15-32-20-12-8-18(9-13-20)22(23(30)31-3)28-21(29)14-17-6-10-19(11-7-17)24(25,26)27/h6-13,16,22H,4-5,14-15H2,1-3H3,(H,28,29)/t16?,22-/m1/s1. The van der Waals surface area contributed by atoms with Gasteiger partial charge in [0, 0.05) is 0 Å². The van der Waals surface area contributed by atoms with Gasteiger partial charge in [-0.25, -0.2) is 4.79 Å². The fourth-order valence-corrected chi connectivity index (χ4v) is 3.18. The quantitative estimate of drug-likeness (QED) is 0.511. The summed E-state index contributed by atoms with van der Waals surface area (Å²) in [4.78, 5) is 24.7. The van der Waals surface area contributed by atoms with E-state index in [1.54, 1.807) is 24.3 Å². The van der Waals surface area contributed by atoms with Crippen molar-refractivity contribution in [3.63, 3.8) is 0 Å². The molecule has 0 radical (unpaired) electrons. The fourth-order valence-electron chi connectivity index (χ4n) is 3.18. The highest BCUT2D eigenvalue weighted by Gasteiger charge is 2.30. The first-order chi connectivity index (χ1) is 15.1. The SMILES string of the molecule is CCCC(C)COc1ccc([C@@H](NC(=O)Cc2ccc(C(F)(F)F)cc2)C(=O)OC)cc1. The number of methoxy groups -OCH3 is 1. The van der Waals surface area contributed by atoms with Crippen LogP contribution in [-0.4, -0.2) is 25.6 Å². The third-order valence-corrected chi connectivity index (χ3v) is 4.92. The molecule has 0 aromatic heterocycles. The number of rotatable bonds is 10. The topological polar surface area (TPSA) is 64.6 Å². The van der Waals surface area contributed by atoms with Crippen LogP contribution in [0.15, 0.2) is 48.5 Å². The van der Waals surface area contributed by atoms with Crippen molar-refractivity contribution in [1.29, 1.82) is 0 Å². The van der Waals surface area contributed by atoms with Crippen molar-refractivity contribution >= 4 is 11.9 Å². The van der Waals surface area contributed by atoms with E-state index in [2.05, 4.69) is 19.2 Å². The van der Waals surface area contributed by atoms with Crippen molar-refractivity contribution in [3.8, 4) is 5.75 Å². The molecule has 174 valence electrons. The summed E-state index contributed by atoms with van der Waals surface area (Å²) in [6.07, 6.45) is -2.48. The summed E-state index contributed by atoms with van der Waals surface area (Å²) in [5, 5.41) is 2.59. The second-order valence-electron chi connectivity index (χ2n) is 7.67. The number of esters is 1. The number of ether oxygens (including phenoxy) is 2. The number of hydrogen-bond acceptors (Lipinski definition) is 4. The average molecular weight is 451 g/mol. The Morgan fingerprint density at radius 1 is 1.03 bits per heavy atom. The number of carbonyl (C=O) groups is 2. The van der Waals surface area contributed by atoms with Crippen LogP contribution >= 0.6 is 0 Å². The summed E-state index contributed by atoms with van der Waals surface area (Å²) < 4.78 is 48.6. The molecule has 1 unspecified atom stereocenters. The maximum atomic E-state index is 12.7. The smallest absolute Gasteiger partial charge is 0.416 e. The zero-order valence-electron chi connectivity index (χ0n) is 18.4. The lowest BCUT2D eigenvalue weighted by molar-refractivity contribution is -0.145. The third kappa shape index (κ3) is 7.59. The van der Waals surface area contributed by atoms with Gasteiger partial charge in [0.1, 0.15) is 5.75 Å². The Bertz CT molecular complexity index is 880. The highest BCUT2D eigenvalue weighted by atomic mass is 19.4. The Hall–Kier alpha value is -3.03. The second kappa shape index (κ2) is 11.5. The maximum absolute atomic E-state index is 12.7. The van der Waals surface area contributed by atoms with Gasteiger partial charge < -0.3 is 14.8 Å². The minimum Gasteiger partial charge on any atom is -0.493 e. The zero-order chi connectivity index (χ0) is 23.7. The van der Waals surface area contributed by atoms with Gasteiger partial charge in [0.25, 0.3) is 0 Å². The first-order valence-corrected chi connectivity index (χ1v) is 10.4. The van der Waals surface area contributed by atoms with Crippen molar-refractivity contribution in [2.75, 3.05) is 13.7 Å². The molecule has 0 aliphatic rings. The van der Waals surface area contributed by atoms with E-state index in [1.165, 1.54) is 19.2 Å². The number of alkyl halides is 3. The normalized spacial score (nSPS) is 13.2. The number of amides is 1. The molecule has 0 heterocycles. The lowest BCUT2D eigenvalue weighted by atomic mass is 10.0. The molecule has 0 saturated heterocycles. The van der Waals surface area contributed by atoms with Gasteiger partial charge >= 0.3 is 12.1 Å². The Balaban J connectivity index is 2.03. The van der Waals surface area contributed by atoms with Gasteiger partial charge in [-0.2, -0.15) is 13.2 Å². The van der Waals surface area contributed by atoms with Crippen LogP contribution in [0.25, 0.3) is 0 Å². The summed E-state index contributed by atoms with van der Waals surface area (Å²) in [5.74, 6) is -0.103. The molecule has 0 fully saturated rings. The van der Waals surface area contributed by atoms with Gasteiger partial charge in [-0.3, -0.25) is 4.79 Å². The number of halogens is 3. The van der Waals surface area contributed by atoms with Crippen molar-refractivity contribution in [2.24, 2.45) is 5.92 Å². The molecule has 5 nitrogen and oxygen atoms in total. The monoisotopic (exact) mass is 451 g/mol. The van der Waals surface area contributed by atoms with E-state index in [0.29, 0.717) is 29.4 Å². The van der Waals surface area contributed by atoms with Gasteiger partial charge in [0.05, 0.1) is 25.7 Å². The molecule has 0 saturated carbocycles. The van der Waals surface area contributed by atoms with Crippen LogP contribution in [0.1, 0.15) is 49.4 Å². The summed E-state index contributed by atoms with van der Waals surface area (Å²) in [6, 6.07) is 10.0. The van der Waals surface area contributed by atoms with Gasteiger partial charge in [-0.15, -0.1) is 0 Å². The minimum atomic E-state index is -4.44. The lowest BCUT2D eigenvalue weighted by Gasteiger charge is -2.18. The summed E-state index contributed by atoms with van der Waals surface area (Å²) >= 11 is 0. The fraction of sp³-hybridized carbons (Fsp3) is 0.417. The summed E-state index contributed by atoms with van der Waals surface area (Å²) in [5.41, 5.74) is 0.108. The first kappa shape index (κ1) is 25.2. The number of carbonyl (C=O) groups excluding carboxylic acids is 2. The lowest BCUT2D eigenvalue weighted by Crippen LogP contribution is -2.35. The molecular formula is C24H28F3NO4. The predicted molar refractivity (Wildman–Crippen MR) is 114 cm³/mol. The molecule has 2 aromatic rings. The van der Waals surface area contributed by atoms with Crippen molar-refractivity contribution < 1.29 is 32.2 Å². The van der Waals surface area contributed by atoms with Crippen molar-refractivity contribution in [2.45, 2.75) is 45.3 Å². The Morgan fingerprint density at radius 2 is 1.66 bits per heavy atom. The highest BCUT2D eigenvalue weighted by molar-refractivity contribution is 5.86. The number of benzene rings is 2. The van der Waals surface area contributed by atoms with Crippen LogP contribution in [0.2, 0.25) is 0 Å². The molecule has 1 N–H and O–H groups in total. The van der Waals surface area contributed by atoms with E-state index < -0.39 is 29.7 Å². The van der Waals surface area contributed by atoms with Crippen LogP contribution in [0.5, 0.6) is 5.75 Å². The molecule has 0 aliphatic carbocycles. The Kier molecular flexibility index (Phi) is 9.11. The van der Waals surface area contributed by atoms with E-state index in [4.69, 9.17) is 9.47 Å². The van der Waals surface area contributed by atoms with E-state index in [1.807, 2.05) is 0 Å². The second-order valence-corrected chi connectivity index (χ2v) is 7.67. The van der Waals surface area contributed by atoms with Gasteiger partial charge in [0.15, 0.2) is 6.04 Å². The van der Waals surface area contributed by atoms with E-state index >= 15 is 0 Å². The van der Waals surface area contributed by atoms with E-state index in [-0.39, 0.29) is 6.42 Å². The molecule has 0 bridgehead atoms. The highest BCUT2D eigenvalue weighted by Crippen LogP contribution is 2.29. The third-order valence-electron chi connectivity index (χ3n) is 4.92. The molecule has 1 amide bonds. The van der Waals surface area contributed by atoms with Crippen LogP contribution in [0.4, 0.5) is 13.2 Å². The summed E-state index contributed by atoms with van der Waals surface area (Å²) in [7, 11) is 1.21. The summed E-state index contributed by atoms with van der Waals surface area (Å²) in [6.45, 7) is 4.80. The van der Waals surface area contributed by atoms with Crippen LogP contribution < -0.4 is 10.1 Å². The average Bonchev–Trinajstić information content (AvgIpc) is 2.76. The van der Waals surface area contributed by atoms with Gasteiger partial charge in [-0.05, 0) is 47.7 Å². The minimum absolute atomic E-state index is 0.178. The molecular weight excluding hydrogens is 423 g/mol. The number of hydrogen-bond donors (Lipinski definition) is 1. The molecule has 0 aliphatic heterocycles. The van der Waals surface area contributed by atoms with E-state index in [9.17, 15) is 22.8 Å². The van der Waals surface area contributed by atoms with E-state index in [0.717, 1.165) is 25.0 Å². The number of nitrogens with one attached hydrogen (secondary N) is 1. The van der Waals surface area contributed by atoms with Crippen LogP contribution in [0, 0.1) is 5.92 Å². The van der Waals surface area contributed by atoms with Gasteiger partial charge in [-0.1, -0.05) is 44.5 Å². The Morgan fingerprint density at radius 3 is 2.19 bits per heavy atom. The molecule has 0 spiro atoms. The van der Waals surface area contributed by atoms with Crippen LogP contribution in [-0.2, 0) is 26.9 Å². The predicted octanol–water partition coefficient (Wildman–Crippen LogP) is 5.09. The molecule has 32 heavy (non-hydrogen) atoms. The van der Waals surface area contributed by atoms with Crippen molar-refractivity contribution in [1.82, 2.24) is 5.32 Å². The molecule has 2 rings (SSSR count). The molecule has 2 aromatic carbocycles. The van der Waals surface area contributed by atoms with Crippen LogP contribution in [0.3, 0.4) is 0 Å². The molecule has 8 heteroatoms.